The Balaban J connectivity index is 2.10. The molecule has 1 fully saturated rings. The van der Waals surface area contributed by atoms with Crippen LogP contribution in [-0.2, 0) is 11.3 Å². The smallest absolute Gasteiger partial charge is 0.226 e. The number of hydrogen-bond donors (Lipinski definition) is 0. The van der Waals surface area contributed by atoms with Gasteiger partial charge in [0.1, 0.15) is 0 Å². The van der Waals surface area contributed by atoms with Crippen molar-refractivity contribution in [2.45, 2.75) is 45.7 Å². The number of rotatable bonds is 3. The molecule has 1 heterocycles. The summed E-state index contributed by atoms with van der Waals surface area (Å²) in [7, 11) is 0. The minimum atomic E-state index is 0.245. The van der Waals surface area contributed by atoms with E-state index in [0.717, 1.165) is 25.8 Å². The molecule has 1 aromatic rings. The summed E-state index contributed by atoms with van der Waals surface area (Å²) in [5.41, 5.74) is 1.23. The number of carbonyl (C=O) groups is 1. The molecule has 1 amide bonds. The minimum Gasteiger partial charge on any atom is -0.335 e. The third-order valence-electron chi connectivity index (χ3n) is 3.79. The van der Waals surface area contributed by atoms with E-state index >= 15 is 0 Å². The van der Waals surface area contributed by atoms with Crippen molar-refractivity contribution in [1.29, 1.82) is 0 Å². The second-order valence-electron chi connectivity index (χ2n) is 4.98. The lowest BCUT2D eigenvalue weighted by atomic mass is 9.90. The van der Waals surface area contributed by atoms with Gasteiger partial charge in [0.15, 0.2) is 0 Å². The average Bonchev–Trinajstić information content (AvgIpc) is 2.36. The predicted octanol–water partition coefficient (Wildman–Crippen LogP) is 3.22. The first-order valence-corrected chi connectivity index (χ1v) is 6.56. The molecule has 2 rings (SSSR count). The predicted molar refractivity (Wildman–Crippen MR) is 69.5 cm³/mol. The van der Waals surface area contributed by atoms with Crippen LogP contribution in [0.4, 0.5) is 0 Å². The molecule has 2 unspecified atom stereocenters. The second-order valence-corrected chi connectivity index (χ2v) is 4.98. The van der Waals surface area contributed by atoms with Crippen LogP contribution in [0.2, 0.25) is 0 Å². The van der Waals surface area contributed by atoms with Gasteiger partial charge in [0.2, 0.25) is 5.91 Å². The first-order valence-electron chi connectivity index (χ1n) is 6.56. The van der Waals surface area contributed by atoms with Crippen LogP contribution in [0.15, 0.2) is 30.3 Å². The van der Waals surface area contributed by atoms with Crippen LogP contribution in [0.25, 0.3) is 0 Å². The molecule has 1 aliphatic rings. The summed E-state index contributed by atoms with van der Waals surface area (Å²) in [4.78, 5) is 14.3. The molecule has 0 spiro atoms. The van der Waals surface area contributed by atoms with Gasteiger partial charge in [-0.05, 0) is 31.7 Å². The Kier molecular flexibility index (Phi) is 3.82. The molecular formula is C15H21NO. The summed E-state index contributed by atoms with van der Waals surface area (Å²) in [6, 6.07) is 10.6. The van der Waals surface area contributed by atoms with Crippen LogP contribution < -0.4 is 0 Å². The van der Waals surface area contributed by atoms with E-state index < -0.39 is 0 Å². The van der Waals surface area contributed by atoms with E-state index in [2.05, 4.69) is 26.0 Å². The molecule has 0 aromatic heterocycles. The number of benzene rings is 1. The van der Waals surface area contributed by atoms with E-state index in [4.69, 9.17) is 0 Å². The van der Waals surface area contributed by atoms with Crippen LogP contribution in [0.3, 0.4) is 0 Å². The van der Waals surface area contributed by atoms with Crippen molar-refractivity contribution in [1.82, 2.24) is 4.90 Å². The molecule has 2 heteroatoms. The highest BCUT2D eigenvalue weighted by Crippen LogP contribution is 2.26. The number of carbonyl (C=O) groups excluding carboxylic acids is 1. The van der Waals surface area contributed by atoms with Gasteiger partial charge in [-0.2, -0.15) is 0 Å². The molecule has 0 bridgehead atoms. The van der Waals surface area contributed by atoms with Crippen molar-refractivity contribution in [2.24, 2.45) is 5.92 Å². The highest BCUT2D eigenvalue weighted by atomic mass is 16.2. The highest BCUT2D eigenvalue weighted by molar-refractivity contribution is 5.79. The maximum atomic E-state index is 12.3. The largest absolute Gasteiger partial charge is 0.335 e. The number of piperidine rings is 1. The summed E-state index contributed by atoms with van der Waals surface area (Å²) in [6.45, 7) is 5.03. The lowest BCUT2D eigenvalue weighted by Crippen LogP contribution is -2.45. The molecule has 1 aliphatic heterocycles. The number of amides is 1. The topological polar surface area (TPSA) is 20.3 Å². The lowest BCUT2D eigenvalue weighted by Gasteiger charge is -2.37. The SMILES string of the molecule is CCC1CCC(C)N(Cc2ccccc2)C1=O. The molecule has 2 nitrogen and oxygen atoms in total. The van der Waals surface area contributed by atoms with Crippen LogP contribution in [0, 0.1) is 5.92 Å². The first-order chi connectivity index (χ1) is 8.22. The number of hydrogen-bond acceptors (Lipinski definition) is 1. The fraction of sp³-hybridized carbons (Fsp3) is 0.533. The number of nitrogens with zero attached hydrogens (tertiary/aromatic N) is 1. The van der Waals surface area contributed by atoms with E-state index in [1.165, 1.54) is 5.56 Å². The third kappa shape index (κ3) is 2.68. The zero-order chi connectivity index (χ0) is 12.3. The van der Waals surface area contributed by atoms with E-state index in [-0.39, 0.29) is 5.92 Å². The zero-order valence-electron chi connectivity index (χ0n) is 10.7. The second kappa shape index (κ2) is 5.35. The van der Waals surface area contributed by atoms with Crippen LogP contribution in [0.5, 0.6) is 0 Å². The van der Waals surface area contributed by atoms with Gasteiger partial charge in [-0.1, -0.05) is 37.3 Å². The Morgan fingerprint density at radius 3 is 2.59 bits per heavy atom. The van der Waals surface area contributed by atoms with E-state index in [9.17, 15) is 4.79 Å². The van der Waals surface area contributed by atoms with Crippen molar-refractivity contribution in [3.63, 3.8) is 0 Å². The van der Waals surface area contributed by atoms with Crippen molar-refractivity contribution in [3.8, 4) is 0 Å². The minimum absolute atomic E-state index is 0.245. The van der Waals surface area contributed by atoms with Gasteiger partial charge in [-0.15, -0.1) is 0 Å². The lowest BCUT2D eigenvalue weighted by molar-refractivity contribution is -0.142. The van der Waals surface area contributed by atoms with Gasteiger partial charge < -0.3 is 4.90 Å². The van der Waals surface area contributed by atoms with Crippen molar-refractivity contribution < 1.29 is 4.79 Å². The standard InChI is InChI=1S/C15H21NO/c1-3-14-10-9-12(2)16(15(14)17)11-13-7-5-4-6-8-13/h4-8,12,14H,3,9-11H2,1-2H3. The Morgan fingerprint density at radius 2 is 1.94 bits per heavy atom. The Labute approximate surface area is 104 Å². The summed E-state index contributed by atoms with van der Waals surface area (Å²) in [5.74, 6) is 0.588. The Hall–Kier alpha value is -1.31. The highest BCUT2D eigenvalue weighted by Gasteiger charge is 2.31. The van der Waals surface area contributed by atoms with Crippen molar-refractivity contribution in [3.05, 3.63) is 35.9 Å². The Morgan fingerprint density at radius 1 is 1.24 bits per heavy atom. The molecule has 17 heavy (non-hydrogen) atoms. The molecule has 0 radical (unpaired) electrons. The molecule has 92 valence electrons. The molecular weight excluding hydrogens is 210 g/mol. The van der Waals surface area contributed by atoms with Crippen molar-refractivity contribution in [2.75, 3.05) is 0 Å². The van der Waals surface area contributed by atoms with E-state index in [1.54, 1.807) is 0 Å². The number of likely N-dealkylation sites (tertiary alicyclic amines) is 1. The summed E-state index contributed by atoms with van der Waals surface area (Å²) >= 11 is 0. The van der Waals surface area contributed by atoms with Crippen molar-refractivity contribution >= 4 is 5.91 Å². The fourth-order valence-corrected chi connectivity index (χ4v) is 2.57. The zero-order valence-corrected chi connectivity index (χ0v) is 10.7. The van der Waals surface area contributed by atoms with Crippen LogP contribution >= 0.6 is 0 Å². The van der Waals surface area contributed by atoms with E-state index in [0.29, 0.717) is 11.9 Å². The summed E-state index contributed by atoms with van der Waals surface area (Å²) < 4.78 is 0. The molecule has 0 aliphatic carbocycles. The molecule has 0 N–H and O–H groups in total. The van der Waals surface area contributed by atoms with Crippen LogP contribution in [0.1, 0.15) is 38.7 Å². The molecule has 1 aromatic carbocycles. The fourth-order valence-electron chi connectivity index (χ4n) is 2.57. The monoisotopic (exact) mass is 231 g/mol. The molecule has 2 atom stereocenters. The summed E-state index contributed by atoms with van der Waals surface area (Å²) in [5, 5.41) is 0. The quantitative estimate of drug-likeness (QED) is 0.782. The van der Waals surface area contributed by atoms with Gasteiger partial charge in [-0.25, -0.2) is 0 Å². The van der Waals surface area contributed by atoms with Gasteiger partial charge >= 0.3 is 0 Å². The normalized spacial score (nSPS) is 25.1. The first kappa shape index (κ1) is 12.2. The van der Waals surface area contributed by atoms with Gasteiger partial charge in [-0.3, -0.25) is 4.79 Å². The van der Waals surface area contributed by atoms with Crippen LogP contribution in [-0.4, -0.2) is 16.8 Å². The molecule has 0 saturated carbocycles. The maximum absolute atomic E-state index is 12.3. The average molecular weight is 231 g/mol. The Bertz CT molecular complexity index is 374. The van der Waals surface area contributed by atoms with Gasteiger partial charge in [0.05, 0.1) is 0 Å². The third-order valence-corrected chi connectivity index (χ3v) is 3.79. The summed E-state index contributed by atoms with van der Waals surface area (Å²) in [6.07, 6.45) is 3.16. The van der Waals surface area contributed by atoms with E-state index in [1.807, 2.05) is 23.1 Å². The van der Waals surface area contributed by atoms with Gasteiger partial charge in [0, 0.05) is 18.5 Å². The maximum Gasteiger partial charge on any atom is 0.226 e. The van der Waals surface area contributed by atoms with Gasteiger partial charge in [0.25, 0.3) is 0 Å². The molecule has 1 saturated heterocycles.